The molecule has 0 radical (unpaired) electrons. The van der Waals surface area contributed by atoms with E-state index in [0.29, 0.717) is 11.4 Å². The van der Waals surface area contributed by atoms with Gasteiger partial charge in [0.15, 0.2) is 0 Å². The average Bonchev–Trinajstić information content (AvgIpc) is 2.42. The number of anilines is 1. The zero-order valence-corrected chi connectivity index (χ0v) is 11.0. The van der Waals surface area contributed by atoms with E-state index >= 15 is 0 Å². The lowest BCUT2D eigenvalue weighted by Gasteiger charge is -2.21. The van der Waals surface area contributed by atoms with Gasteiger partial charge in [-0.1, -0.05) is 24.3 Å². The summed E-state index contributed by atoms with van der Waals surface area (Å²) in [4.78, 5) is 5.66. The van der Waals surface area contributed by atoms with Crippen LogP contribution in [0.1, 0.15) is 12.0 Å². The molecule has 2 aromatic rings. The van der Waals surface area contributed by atoms with Crippen LogP contribution in [0, 0.1) is 0 Å². The fourth-order valence-corrected chi connectivity index (χ4v) is 2.07. The first-order chi connectivity index (χ1) is 9.42. The Morgan fingerprint density at radius 1 is 1.20 bits per heavy atom. The number of rotatable bonds is 4. The molecule has 0 bridgehead atoms. The maximum Gasteiger partial charge on any atom is 0.390 e. The van der Waals surface area contributed by atoms with Crippen molar-refractivity contribution in [3.63, 3.8) is 0 Å². The summed E-state index contributed by atoms with van der Waals surface area (Å²) in [6.07, 6.45) is -3.57. The zero-order chi connectivity index (χ0) is 14.8. The highest BCUT2D eigenvalue weighted by atomic mass is 19.4. The fraction of sp³-hybridized carbons (Fsp3) is 0.357. The normalized spacial score (nSPS) is 11.8. The van der Waals surface area contributed by atoms with Crippen LogP contribution in [0.3, 0.4) is 0 Å². The van der Waals surface area contributed by atoms with Gasteiger partial charge in [-0.15, -0.1) is 0 Å². The molecule has 1 aromatic heterocycles. The molecule has 108 valence electrons. The average molecular weight is 284 g/mol. The van der Waals surface area contributed by atoms with E-state index in [9.17, 15) is 18.3 Å². The fourth-order valence-electron chi connectivity index (χ4n) is 2.07. The number of nitrogens with zero attached hydrogens (tertiary/aromatic N) is 2. The lowest BCUT2D eigenvalue weighted by atomic mass is 10.1. The molecule has 0 aliphatic carbocycles. The molecule has 6 heteroatoms. The van der Waals surface area contributed by atoms with Crippen molar-refractivity contribution in [2.75, 3.05) is 18.5 Å². The number of hydrogen-bond donors (Lipinski definition) is 1. The van der Waals surface area contributed by atoms with Gasteiger partial charge in [0.05, 0.1) is 13.0 Å². The minimum atomic E-state index is -4.19. The molecule has 0 saturated heterocycles. The highest BCUT2D eigenvalue weighted by molar-refractivity contribution is 5.94. The van der Waals surface area contributed by atoms with Gasteiger partial charge in [-0.05, 0) is 5.39 Å². The summed E-state index contributed by atoms with van der Waals surface area (Å²) < 4.78 is 36.9. The molecular formula is C14H15F3N2O. The van der Waals surface area contributed by atoms with E-state index < -0.39 is 12.6 Å². The molecule has 1 aromatic carbocycles. The van der Waals surface area contributed by atoms with Gasteiger partial charge in [0, 0.05) is 30.7 Å². The molecule has 1 N–H and O–H groups in total. The standard InChI is InChI=1S/C14H15F3N2O/c1-19(7-6-14(15,16)17)13-12-5-3-2-4-11(12)10(9-20)8-18-13/h2-5,8,20H,6-7,9H2,1H3. The van der Waals surface area contributed by atoms with Crippen molar-refractivity contribution < 1.29 is 18.3 Å². The lowest BCUT2D eigenvalue weighted by Crippen LogP contribution is -2.25. The van der Waals surface area contributed by atoms with Crippen LogP contribution in [0.25, 0.3) is 10.8 Å². The number of aromatic nitrogens is 1. The number of hydrogen-bond acceptors (Lipinski definition) is 3. The third-order valence-corrected chi connectivity index (χ3v) is 3.12. The highest BCUT2D eigenvalue weighted by Crippen LogP contribution is 2.28. The minimum Gasteiger partial charge on any atom is -0.392 e. The number of benzene rings is 1. The lowest BCUT2D eigenvalue weighted by molar-refractivity contribution is -0.132. The molecule has 0 amide bonds. The van der Waals surface area contributed by atoms with E-state index in [4.69, 9.17) is 0 Å². The maximum atomic E-state index is 12.3. The molecule has 3 nitrogen and oxygen atoms in total. The molecule has 0 saturated carbocycles. The van der Waals surface area contributed by atoms with Crippen molar-refractivity contribution in [1.29, 1.82) is 0 Å². The summed E-state index contributed by atoms with van der Waals surface area (Å²) >= 11 is 0. The number of aliphatic hydroxyl groups excluding tert-OH is 1. The second-order valence-electron chi connectivity index (χ2n) is 4.60. The van der Waals surface area contributed by atoms with Gasteiger partial charge >= 0.3 is 6.18 Å². The number of alkyl halides is 3. The first-order valence-corrected chi connectivity index (χ1v) is 6.18. The number of aliphatic hydroxyl groups is 1. The third-order valence-electron chi connectivity index (χ3n) is 3.12. The predicted molar refractivity (Wildman–Crippen MR) is 71.6 cm³/mol. The van der Waals surface area contributed by atoms with Crippen molar-refractivity contribution in [3.8, 4) is 0 Å². The molecule has 0 aliphatic heterocycles. The Kier molecular flexibility index (Phi) is 4.13. The smallest absolute Gasteiger partial charge is 0.390 e. The van der Waals surface area contributed by atoms with Crippen LogP contribution in [-0.2, 0) is 6.61 Å². The minimum absolute atomic E-state index is 0.153. The summed E-state index contributed by atoms with van der Waals surface area (Å²) in [5.41, 5.74) is 0.661. The molecule has 0 atom stereocenters. The molecule has 1 heterocycles. The third kappa shape index (κ3) is 3.19. The predicted octanol–water partition coefficient (Wildman–Crippen LogP) is 3.12. The van der Waals surface area contributed by atoms with Crippen molar-refractivity contribution in [2.45, 2.75) is 19.2 Å². The van der Waals surface area contributed by atoms with E-state index in [1.54, 1.807) is 19.2 Å². The van der Waals surface area contributed by atoms with Crippen molar-refractivity contribution >= 4 is 16.6 Å². The molecule has 2 rings (SSSR count). The summed E-state index contributed by atoms with van der Waals surface area (Å²) in [5.74, 6) is 0.488. The number of fused-ring (bicyclic) bond motifs is 1. The van der Waals surface area contributed by atoms with Crippen LogP contribution in [0.4, 0.5) is 19.0 Å². The number of pyridine rings is 1. The monoisotopic (exact) mass is 284 g/mol. The summed E-state index contributed by atoms with van der Waals surface area (Å²) in [5, 5.41) is 10.8. The number of halogens is 3. The second kappa shape index (κ2) is 5.66. The van der Waals surface area contributed by atoms with Crippen LogP contribution in [0.5, 0.6) is 0 Å². The maximum absolute atomic E-state index is 12.3. The van der Waals surface area contributed by atoms with Crippen LogP contribution in [-0.4, -0.2) is 29.9 Å². The van der Waals surface area contributed by atoms with Crippen molar-refractivity contribution in [3.05, 3.63) is 36.0 Å². The van der Waals surface area contributed by atoms with Crippen LogP contribution >= 0.6 is 0 Å². The molecule has 0 fully saturated rings. The zero-order valence-electron chi connectivity index (χ0n) is 11.0. The van der Waals surface area contributed by atoms with E-state index in [-0.39, 0.29) is 13.2 Å². The molecule has 0 unspecified atom stereocenters. The van der Waals surface area contributed by atoms with Crippen molar-refractivity contribution in [2.24, 2.45) is 0 Å². The van der Waals surface area contributed by atoms with Gasteiger partial charge < -0.3 is 10.0 Å². The van der Waals surface area contributed by atoms with Gasteiger partial charge in [0.1, 0.15) is 5.82 Å². The molecule has 0 spiro atoms. The highest BCUT2D eigenvalue weighted by Gasteiger charge is 2.27. The summed E-state index contributed by atoms with van der Waals surface area (Å²) in [6, 6.07) is 7.23. The summed E-state index contributed by atoms with van der Waals surface area (Å²) in [7, 11) is 1.58. The quantitative estimate of drug-likeness (QED) is 0.937. The SMILES string of the molecule is CN(CCC(F)(F)F)c1ncc(CO)c2ccccc12. The first kappa shape index (κ1) is 14.6. The molecular weight excluding hydrogens is 269 g/mol. The largest absolute Gasteiger partial charge is 0.392 e. The molecule has 0 aliphatic rings. The van der Waals surface area contributed by atoms with E-state index in [1.165, 1.54) is 11.1 Å². The Balaban J connectivity index is 2.35. The Morgan fingerprint density at radius 2 is 1.85 bits per heavy atom. The van der Waals surface area contributed by atoms with Gasteiger partial charge in [0.2, 0.25) is 0 Å². The Morgan fingerprint density at radius 3 is 2.45 bits per heavy atom. The van der Waals surface area contributed by atoms with Crippen molar-refractivity contribution in [1.82, 2.24) is 4.98 Å². The van der Waals surface area contributed by atoms with Crippen LogP contribution < -0.4 is 4.90 Å². The molecule has 20 heavy (non-hydrogen) atoms. The van der Waals surface area contributed by atoms with Crippen LogP contribution in [0.15, 0.2) is 30.5 Å². The van der Waals surface area contributed by atoms with Crippen LogP contribution in [0.2, 0.25) is 0 Å². The Labute approximate surface area is 114 Å². The van der Waals surface area contributed by atoms with E-state index in [0.717, 1.165) is 10.8 Å². The Bertz CT molecular complexity index is 598. The van der Waals surface area contributed by atoms with E-state index in [1.807, 2.05) is 12.1 Å². The van der Waals surface area contributed by atoms with E-state index in [2.05, 4.69) is 4.98 Å². The summed E-state index contributed by atoms with van der Waals surface area (Å²) in [6.45, 7) is -0.307. The van der Waals surface area contributed by atoms with Gasteiger partial charge in [-0.2, -0.15) is 13.2 Å². The first-order valence-electron chi connectivity index (χ1n) is 6.18. The Hall–Kier alpha value is -1.82. The van der Waals surface area contributed by atoms with Gasteiger partial charge in [-0.25, -0.2) is 4.98 Å². The van der Waals surface area contributed by atoms with Gasteiger partial charge in [-0.3, -0.25) is 0 Å². The van der Waals surface area contributed by atoms with Gasteiger partial charge in [0.25, 0.3) is 0 Å². The second-order valence-corrected chi connectivity index (χ2v) is 4.60. The topological polar surface area (TPSA) is 36.4 Å².